The fourth-order valence-electron chi connectivity index (χ4n) is 1.57. The third kappa shape index (κ3) is 2.69. The lowest BCUT2D eigenvalue weighted by atomic mass is 10.2. The van der Waals surface area contributed by atoms with Crippen molar-refractivity contribution in [2.75, 3.05) is 11.4 Å². The minimum Gasteiger partial charge on any atom is -0.444 e. The zero-order valence-electron chi connectivity index (χ0n) is 9.55. The van der Waals surface area contributed by atoms with Crippen LogP contribution in [0.3, 0.4) is 0 Å². The Kier molecular flexibility index (Phi) is 3.61. The Bertz CT molecular complexity index is 549. The van der Waals surface area contributed by atoms with Gasteiger partial charge in [0.25, 0.3) is 0 Å². The van der Waals surface area contributed by atoms with Gasteiger partial charge < -0.3 is 4.74 Å². The lowest BCUT2D eigenvalue weighted by Gasteiger charge is -2.31. The van der Waals surface area contributed by atoms with Gasteiger partial charge in [0, 0.05) is 5.56 Å². The van der Waals surface area contributed by atoms with Crippen LogP contribution in [0.1, 0.15) is 5.56 Å². The number of alkyl halides is 5. The van der Waals surface area contributed by atoms with Gasteiger partial charge in [-0.2, -0.15) is 22.0 Å². The Morgan fingerprint density at radius 3 is 2.60 bits per heavy atom. The van der Waals surface area contributed by atoms with E-state index in [0.29, 0.717) is 4.60 Å². The number of hydrogen-bond acceptors (Lipinski definition) is 3. The van der Waals surface area contributed by atoms with E-state index in [-0.39, 0.29) is 22.8 Å². The Morgan fingerprint density at radius 2 is 2.00 bits per heavy atom. The summed E-state index contributed by atoms with van der Waals surface area (Å²) in [5.74, 6) is -5.05. The highest BCUT2D eigenvalue weighted by atomic mass is 79.9. The molecule has 2 heterocycles. The Balaban J connectivity index is 2.35. The molecule has 0 unspecified atom stereocenters. The van der Waals surface area contributed by atoms with Crippen LogP contribution in [0.2, 0.25) is 0 Å². The highest BCUT2D eigenvalue weighted by Crippen LogP contribution is 2.38. The van der Waals surface area contributed by atoms with Crippen molar-refractivity contribution in [3.8, 4) is 0 Å². The van der Waals surface area contributed by atoms with E-state index in [1.165, 1.54) is 6.07 Å². The van der Waals surface area contributed by atoms with Crippen LogP contribution in [0.15, 0.2) is 16.9 Å². The van der Waals surface area contributed by atoms with E-state index >= 15 is 0 Å². The molecule has 4 nitrogen and oxygen atoms in total. The molecule has 1 aromatic heterocycles. The van der Waals surface area contributed by atoms with E-state index in [0.717, 1.165) is 6.20 Å². The first kappa shape index (κ1) is 14.9. The van der Waals surface area contributed by atoms with Crippen LogP contribution < -0.4 is 4.90 Å². The van der Waals surface area contributed by atoms with Crippen LogP contribution >= 0.6 is 15.9 Å². The summed E-state index contributed by atoms with van der Waals surface area (Å²) in [4.78, 5) is 15.3. The number of anilines is 1. The molecule has 1 aromatic rings. The van der Waals surface area contributed by atoms with Crippen LogP contribution in [0.5, 0.6) is 0 Å². The second-order valence-corrected chi connectivity index (χ2v) is 4.79. The minimum absolute atomic E-state index is 0.131. The number of hydrogen-bond donors (Lipinski definition) is 0. The normalized spacial score (nSPS) is 15.9. The highest BCUT2D eigenvalue weighted by Gasteiger charge is 2.59. The smallest absolute Gasteiger partial charge is 0.444 e. The summed E-state index contributed by atoms with van der Waals surface area (Å²) in [6.45, 7) is -2.07. The van der Waals surface area contributed by atoms with Crippen molar-refractivity contribution in [2.24, 2.45) is 0 Å². The number of aromatic nitrogens is 1. The molecule has 1 amide bonds. The molecule has 1 aliphatic rings. The van der Waals surface area contributed by atoms with Gasteiger partial charge in [-0.3, -0.25) is 4.90 Å². The number of cyclic esters (lactones) is 1. The molecule has 0 atom stereocenters. The summed E-state index contributed by atoms with van der Waals surface area (Å²) in [6, 6.07) is 1.38. The Morgan fingerprint density at radius 1 is 1.35 bits per heavy atom. The molecule has 0 aromatic carbocycles. The first-order valence-electron chi connectivity index (χ1n) is 5.15. The average molecular weight is 361 g/mol. The molecule has 10 heteroatoms. The summed E-state index contributed by atoms with van der Waals surface area (Å²) in [6.07, 6.45) is -5.99. The molecule has 0 saturated heterocycles. The van der Waals surface area contributed by atoms with Crippen LogP contribution in [0.4, 0.5) is 32.4 Å². The van der Waals surface area contributed by atoms with Gasteiger partial charge in [-0.25, -0.2) is 9.78 Å². The number of carbonyl (C=O) groups is 1. The van der Waals surface area contributed by atoms with E-state index in [9.17, 15) is 26.7 Å². The first-order chi connectivity index (χ1) is 9.12. The molecule has 110 valence electrons. The maximum Gasteiger partial charge on any atom is 0.455 e. The number of carbonyl (C=O) groups excluding carboxylic acids is 1. The largest absolute Gasteiger partial charge is 0.455 e. The molecule has 2 rings (SSSR count). The van der Waals surface area contributed by atoms with E-state index in [2.05, 4.69) is 25.7 Å². The third-order valence-electron chi connectivity index (χ3n) is 2.57. The summed E-state index contributed by atoms with van der Waals surface area (Å²) in [7, 11) is 0. The molecular weight excluding hydrogens is 355 g/mol. The van der Waals surface area contributed by atoms with Crippen molar-refractivity contribution in [2.45, 2.75) is 18.7 Å². The molecule has 1 aliphatic heterocycles. The van der Waals surface area contributed by atoms with E-state index in [1.807, 2.05) is 0 Å². The zero-order valence-corrected chi connectivity index (χ0v) is 11.1. The van der Waals surface area contributed by atoms with Crippen molar-refractivity contribution in [3.05, 3.63) is 22.4 Å². The van der Waals surface area contributed by atoms with Gasteiger partial charge in [0.15, 0.2) is 0 Å². The molecule has 0 radical (unpaired) electrons. The molecule has 0 aliphatic carbocycles. The van der Waals surface area contributed by atoms with Crippen molar-refractivity contribution in [1.82, 2.24) is 4.98 Å². The lowest BCUT2D eigenvalue weighted by molar-refractivity contribution is -0.276. The summed E-state index contributed by atoms with van der Waals surface area (Å²) >= 11 is 3.02. The number of ether oxygens (including phenoxy) is 1. The molecule has 0 fully saturated rings. The second-order valence-electron chi connectivity index (χ2n) is 3.98. The van der Waals surface area contributed by atoms with Gasteiger partial charge in [-0.1, -0.05) is 0 Å². The molecule has 0 bridgehead atoms. The Labute approximate surface area is 117 Å². The van der Waals surface area contributed by atoms with Crippen molar-refractivity contribution in [1.29, 1.82) is 0 Å². The monoisotopic (exact) mass is 360 g/mol. The van der Waals surface area contributed by atoms with Crippen LogP contribution in [0.25, 0.3) is 0 Å². The number of halogens is 6. The fourth-order valence-corrected chi connectivity index (χ4v) is 1.95. The molecule has 0 saturated carbocycles. The Hall–Kier alpha value is -1.45. The summed E-state index contributed by atoms with van der Waals surface area (Å²) in [5.41, 5.74) is 0.151. The fraction of sp³-hybridized carbons (Fsp3) is 0.400. The molecule has 0 N–H and O–H groups in total. The van der Waals surface area contributed by atoms with Crippen molar-refractivity contribution >= 4 is 27.7 Å². The second kappa shape index (κ2) is 4.83. The molecule has 0 spiro atoms. The van der Waals surface area contributed by atoms with Crippen LogP contribution in [-0.2, 0) is 11.3 Å². The van der Waals surface area contributed by atoms with Gasteiger partial charge >= 0.3 is 18.2 Å². The average Bonchev–Trinajstić information content (AvgIpc) is 2.31. The number of nitrogens with zero attached hydrogens (tertiary/aromatic N) is 2. The minimum atomic E-state index is -5.76. The number of rotatable bonds is 2. The van der Waals surface area contributed by atoms with Gasteiger partial charge in [0.2, 0.25) is 0 Å². The van der Waals surface area contributed by atoms with Gasteiger partial charge in [0.05, 0.1) is 11.9 Å². The standard InChI is InChI=1S/C10H6BrF5N2O2/c11-7-1-5-3-20-8(19)18(6(5)2-17-7)4-9(12,13)10(14,15)16/h1-2H,3-4H2. The van der Waals surface area contributed by atoms with Crippen LogP contribution in [0, 0.1) is 0 Å². The predicted molar refractivity (Wildman–Crippen MR) is 60.5 cm³/mol. The number of amides is 1. The quantitative estimate of drug-likeness (QED) is 0.598. The SMILES string of the molecule is O=C1OCc2cc(Br)ncc2N1CC(F)(F)C(F)(F)F. The van der Waals surface area contributed by atoms with Crippen LogP contribution in [-0.4, -0.2) is 29.7 Å². The van der Waals surface area contributed by atoms with Gasteiger partial charge in [-0.05, 0) is 22.0 Å². The van der Waals surface area contributed by atoms with E-state index < -0.39 is 24.7 Å². The van der Waals surface area contributed by atoms with E-state index in [4.69, 9.17) is 0 Å². The first-order valence-corrected chi connectivity index (χ1v) is 5.94. The number of fused-ring (bicyclic) bond motifs is 1. The highest BCUT2D eigenvalue weighted by molar-refractivity contribution is 9.10. The van der Waals surface area contributed by atoms with Crippen molar-refractivity contribution < 1.29 is 31.5 Å². The van der Waals surface area contributed by atoms with Gasteiger partial charge in [-0.15, -0.1) is 0 Å². The van der Waals surface area contributed by atoms with E-state index in [1.54, 1.807) is 0 Å². The molecular formula is C10H6BrF5N2O2. The topological polar surface area (TPSA) is 42.4 Å². The maximum atomic E-state index is 13.1. The van der Waals surface area contributed by atoms with Crippen molar-refractivity contribution in [3.63, 3.8) is 0 Å². The lowest BCUT2D eigenvalue weighted by Crippen LogP contribution is -2.50. The molecule has 20 heavy (non-hydrogen) atoms. The zero-order chi connectivity index (χ0) is 15.1. The predicted octanol–water partition coefficient (Wildman–Crippen LogP) is 3.50. The summed E-state index contributed by atoms with van der Waals surface area (Å²) < 4.78 is 67.6. The summed E-state index contributed by atoms with van der Waals surface area (Å²) in [5, 5.41) is 0. The third-order valence-corrected chi connectivity index (χ3v) is 3.00. The maximum absolute atomic E-state index is 13.1. The number of pyridine rings is 1. The van der Waals surface area contributed by atoms with Gasteiger partial charge in [0.1, 0.15) is 17.8 Å².